The van der Waals surface area contributed by atoms with E-state index in [-0.39, 0.29) is 11.2 Å². The van der Waals surface area contributed by atoms with Gasteiger partial charge in [-0.3, -0.25) is 4.21 Å². The van der Waals surface area contributed by atoms with Gasteiger partial charge in [-0.05, 0) is 25.0 Å². The van der Waals surface area contributed by atoms with Gasteiger partial charge in [-0.25, -0.2) is 0 Å². The van der Waals surface area contributed by atoms with Crippen molar-refractivity contribution in [1.82, 2.24) is 0 Å². The van der Waals surface area contributed by atoms with E-state index in [0.717, 1.165) is 19.3 Å². The first kappa shape index (κ1) is 11.6. The number of hydrogen-bond acceptors (Lipinski definition) is 2. The number of nitriles is 1. The summed E-state index contributed by atoms with van der Waals surface area (Å²) in [7, 11) is -1.15. The second-order valence-corrected chi connectivity index (χ2v) is 5.98. The molecule has 1 aliphatic rings. The van der Waals surface area contributed by atoms with Crippen LogP contribution in [0.2, 0.25) is 5.02 Å². The van der Waals surface area contributed by atoms with Gasteiger partial charge in [0.15, 0.2) is 0 Å². The van der Waals surface area contributed by atoms with Crippen LogP contribution >= 0.6 is 11.6 Å². The Morgan fingerprint density at radius 1 is 1.38 bits per heavy atom. The van der Waals surface area contributed by atoms with Crippen LogP contribution in [0.3, 0.4) is 0 Å². The molecule has 4 heteroatoms. The van der Waals surface area contributed by atoms with E-state index in [9.17, 15) is 4.21 Å². The van der Waals surface area contributed by atoms with Gasteiger partial charge in [0.1, 0.15) is 0 Å². The topological polar surface area (TPSA) is 40.9 Å². The van der Waals surface area contributed by atoms with Crippen molar-refractivity contribution in [3.63, 3.8) is 0 Å². The highest BCUT2D eigenvalue weighted by Crippen LogP contribution is 2.33. The Kier molecular flexibility index (Phi) is 3.63. The molecule has 0 aliphatic heterocycles. The molecule has 3 atom stereocenters. The average molecular weight is 254 g/mol. The van der Waals surface area contributed by atoms with Crippen LogP contribution < -0.4 is 0 Å². The highest BCUT2D eigenvalue weighted by atomic mass is 35.5. The van der Waals surface area contributed by atoms with E-state index in [1.807, 2.05) is 12.1 Å². The Morgan fingerprint density at radius 2 is 2.12 bits per heavy atom. The molecule has 0 heterocycles. The molecule has 0 saturated heterocycles. The van der Waals surface area contributed by atoms with E-state index in [2.05, 4.69) is 6.07 Å². The molecule has 0 spiro atoms. The van der Waals surface area contributed by atoms with Gasteiger partial charge in [0.2, 0.25) is 0 Å². The van der Waals surface area contributed by atoms with Gasteiger partial charge in [-0.2, -0.15) is 5.26 Å². The summed E-state index contributed by atoms with van der Waals surface area (Å²) < 4.78 is 12.3. The van der Waals surface area contributed by atoms with Crippen LogP contribution in [0, 0.1) is 17.2 Å². The molecular formula is C12H12ClNOS. The van der Waals surface area contributed by atoms with Crippen molar-refractivity contribution in [3.05, 3.63) is 29.3 Å². The first-order valence-electron chi connectivity index (χ1n) is 5.28. The van der Waals surface area contributed by atoms with Crippen molar-refractivity contribution in [2.45, 2.75) is 29.4 Å². The summed E-state index contributed by atoms with van der Waals surface area (Å²) in [6.07, 6.45) is 2.70. The lowest BCUT2D eigenvalue weighted by Gasteiger charge is -2.13. The minimum absolute atomic E-state index is 0.0510. The van der Waals surface area contributed by atoms with Gasteiger partial charge in [-0.15, -0.1) is 0 Å². The molecule has 84 valence electrons. The number of nitrogens with zero attached hydrogens (tertiary/aromatic N) is 1. The fourth-order valence-corrected chi connectivity index (χ4v) is 4.14. The smallest absolute Gasteiger partial charge is 0.0668 e. The molecule has 0 bridgehead atoms. The van der Waals surface area contributed by atoms with Crippen molar-refractivity contribution < 1.29 is 4.21 Å². The molecule has 0 amide bonds. The molecule has 1 saturated carbocycles. The molecule has 2 rings (SSSR count). The van der Waals surface area contributed by atoms with Crippen LogP contribution in [0.1, 0.15) is 19.3 Å². The van der Waals surface area contributed by atoms with E-state index in [4.69, 9.17) is 16.9 Å². The van der Waals surface area contributed by atoms with Crippen molar-refractivity contribution in [3.8, 4) is 6.07 Å². The largest absolute Gasteiger partial charge is 0.254 e. The minimum atomic E-state index is -1.15. The Morgan fingerprint density at radius 3 is 2.81 bits per heavy atom. The van der Waals surface area contributed by atoms with Crippen molar-refractivity contribution in [1.29, 1.82) is 5.26 Å². The third-order valence-electron chi connectivity index (χ3n) is 2.95. The van der Waals surface area contributed by atoms with Crippen LogP contribution in [-0.2, 0) is 10.8 Å². The molecule has 2 nitrogen and oxygen atoms in total. The normalized spacial score (nSPS) is 26.2. The molecule has 1 aliphatic carbocycles. The summed E-state index contributed by atoms with van der Waals surface area (Å²) in [6.45, 7) is 0. The zero-order chi connectivity index (χ0) is 11.5. The van der Waals surface area contributed by atoms with Crippen molar-refractivity contribution in [2.75, 3.05) is 0 Å². The summed E-state index contributed by atoms with van der Waals surface area (Å²) in [6, 6.07) is 9.42. The fraction of sp³-hybridized carbons (Fsp3) is 0.417. The summed E-state index contributed by atoms with van der Waals surface area (Å²) in [5, 5.41) is 9.46. The van der Waals surface area contributed by atoms with Gasteiger partial charge in [0, 0.05) is 0 Å². The van der Waals surface area contributed by atoms with Crippen LogP contribution in [-0.4, -0.2) is 9.46 Å². The molecule has 1 aromatic carbocycles. The zero-order valence-corrected chi connectivity index (χ0v) is 10.3. The second kappa shape index (κ2) is 4.99. The standard InChI is InChI=1S/C12H12ClNOS/c13-10-5-1-2-6-12(10)16(15)11-7-3-4-9(11)8-14/h1-2,5-6,9,11H,3-4,7H2. The summed E-state index contributed by atoms with van der Waals surface area (Å²) in [5.41, 5.74) is 0. The van der Waals surface area contributed by atoms with Crippen molar-refractivity contribution in [2.24, 2.45) is 5.92 Å². The Labute approximate surface area is 103 Å². The second-order valence-electron chi connectivity index (χ2n) is 3.93. The number of rotatable bonds is 2. The summed E-state index contributed by atoms with van der Waals surface area (Å²) in [4.78, 5) is 0.663. The van der Waals surface area contributed by atoms with Crippen molar-refractivity contribution >= 4 is 22.4 Å². The lowest BCUT2D eigenvalue weighted by atomic mass is 10.1. The van der Waals surface area contributed by atoms with Crippen LogP contribution in [0.5, 0.6) is 0 Å². The summed E-state index contributed by atoms with van der Waals surface area (Å²) in [5.74, 6) is -0.0860. The zero-order valence-electron chi connectivity index (χ0n) is 8.73. The third kappa shape index (κ3) is 2.14. The SMILES string of the molecule is N#CC1CCCC1S(=O)c1ccccc1Cl. The highest BCUT2D eigenvalue weighted by Gasteiger charge is 2.33. The monoisotopic (exact) mass is 253 g/mol. The van der Waals surface area contributed by atoms with Gasteiger partial charge in [-0.1, -0.05) is 30.2 Å². The van der Waals surface area contributed by atoms with E-state index < -0.39 is 10.8 Å². The lowest BCUT2D eigenvalue weighted by molar-refractivity contribution is 0.646. The first-order valence-corrected chi connectivity index (χ1v) is 6.88. The predicted octanol–water partition coefficient (Wildman–Crippen LogP) is 3.14. The van der Waals surface area contributed by atoms with Gasteiger partial charge >= 0.3 is 0 Å². The van der Waals surface area contributed by atoms with Crippen LogP contribution in [0.15, 0.2) is 29.2 Å². The third-order valence-corrected chi connectivity index (χ3v) is 5.29. The molecular weight excluding hydrogens is 242 g/mol. The van der Waals surface area contributed by atoms with Crippen LogP contribution in [0.4, 0.5) is 0 Å². The maximum absolute atomic E-state index is 12.3. The number of halogens is 1. The molecule has 0 N–H and O–H groups in total. The highest BCUT2D eigenvalue weighted by molar-refractivity contribution is 7.85. The van der Waals surface area contributed by atoms with Crippen LogP contribution in [0.25, 0.3) is 0 Å². The van der Waals surface area contributed by atoms with E-state index in [1.165, 1.54) is 0 Å². The van der Waals surface area contributed by atoms with E-state index >= 15 is 0 Å². The average Bonchev–Trinajstić information content (AvgIpc) is 2.77. The molecule has 0 radical (unpaired) electrons. The fourth-order valence-electron chi connectivity index (χ4n) is 2.10. The van der Waals surface area contributed by atoms with Gasteiger partial charge in [0.25, 0.3) is 0 Å². The lowest BCUT2D eigenvalue weighted by Crippen LogP contribution is -2.19. The Balaban J connectivity index is 2.26. The Hall–Kier alpha value is -0.850. The maximum atomic E-state index is 12.3. The van der Waals surface area contributed by atoms with E-state index in [0.29, 0.717) is 9.92 Å². The minimum Gasteiger partial charge on any atom is -0.254 e. The molecule has 1 aromatic rings. The molecule has 3 unspecified atom stereocenters. The first-order chi connectivity index (χ1) is 7.74. The predicted molar refractivity (Wildman–Crippen MR) is 64.6 cm³/mol. The molecule has 0 aromatic heterocycles. The quantitative estimate of drug-likeness (QED) is 0.813. The molecule has 16 heavy (non-hydrogen) atoms. The molecule has 1 fully saturated rings. The number of benzene rings is 1. The summed E-state index contributed by atoms with van der Waals surface area (Å²) >= 11 is 6.01. The number of hydrogen-bond donors (Lipinski definition) is 0. The van der Waals surface area contributed by atoms with Gasteiger partial charge < -0.3 is 0 Å². The van der Waals surface area contributed by atoms with Gasteiger partial charge in [0.05, 0.1) is 38.0 Å². The maximum Gasteiger partial charge on any atom is 0.0668 e. The van der Waals surface area contributed by atoms with E-state index in [1.54, 1.807) is 12.1 Å². The Bertz CT molecular complexity index is 455.